The number of anilines is 1. The number of amides is 1. The lowest BCUT2D eigenvalue weighted by Gasteiger charge is -2.05. The molecule has 0 aliphatic rings. The number of Topliss-reactive ketones (excluding diaryl/α,β-unsaturated/α-hetero) is 1. The molecule has 7 heteroatoms. The lowest BCUT2D eigenvalue weighted by atomic mass is 10.1. The van der Waals surface area contributed by atoms with E-state index in [1.54, 1.807) is 36.4 Å². The molecule has 0 unspecified atom stereocenters. The first-order chi connectivity index (χ1) is 12.6. The molecule has 1 heterocycles. The normalized spacial score (nSPS) is 10.3. The van der Waals surface area contributed by atoms with Crippen molar-refractivity contribution in [2.45, 2.75) is 5.03 Å². The van der Waals surface area contributed by atoms with E-state index < -0.39 is 0 Å². The largest absolute Gasteiger partial charge is 0.305 e. The van der Waals surface area contributed by atoms with Crippen molar-refractivity contribution in [1.82, 2.24) is 10.2 Å². The Hall–Kier alpha value is -3.06. The van der Waals surface area contributed by atoms with Crippen LogP contribution in [0.3, 0.4) is 0 Å². The standard InChI is InChI=1S/C19H14FN3O2S/c20-15-8-6-13(7-9-15)16(24)12-26-18-11-10-17(22-23-18)21-19(25)14-4-2-1-3-5-14/h1-11H,12H2,(H,21,22,25). The molecule has 0 saturated heterocycles. The zero-order valence-corrected chi connectivity index (χ0v) is 14.4. The molecule has 2 aromatic carbocycles. The summed E-state index contributed by atoms with van der Waals surface area (Å²) in [5, 5.41) is 11.1. The summed E-state index contributed by atoms with van der Waals surface area (Å²) in [5.41, 5.74) is 0.969. The van der Waals surface area contributed by atoms with Crippen molar-refractivity contribution in [3.05, 3.63) is 83.7 Å². The third-order valence-corrected chi connectivity index (χ3v) is 4.36. The fraction of sp³-hybridized carbons (Fsp3) is 0.0526. The summed E-state index contributed by atoms with van der Waals surface area (Å²) < 4.78 is 12.9. The number of nitrogens with one attached hydrogen (secondary N) is 1. The van der Waals surface area contributed by atoms with Crippen LogP contribution in [-0.2, 0) is 0 Å². The predicted octanol–water partition coefficient (Wildman–Crippen LogP) is 3.84. The zero-order chi connectivity index (χ0) is 18.4. The number of carbonyl (C=O) groups is 2. The summed E-state index contributed by atoms with van der Waals surface area (Å²) in [6, 6.07) is 17.5. The van der Waals surface area contributed by atoms with Crippen LogP contribution in [0.4, 0.5) is 10.2 Å². The fourth-order valence-corrected chi connectivity index (χ4v) is 2.81. The van der Waals surface area contributed by atoms with Crippen molar-refractivity contribution < 1.29 is 14.0 Å². The highest BCUT2D eigenvalue weighted by Crippen LogP contribution is 2.18. The molecule has 0 radical (unpaired) electrons. The van der Waals surface area contributed by atoms with Crippen LogP contribution in [-0.4, -0.2) is 27.6 Å². The molecule has 26 heavy (non-hydrogen) atoms. The van der Waals surface area contributed by atoms with Crippen LogP contribution in [0.15, 0.2) is 71.8 Å². The zero-order valence-electron chi connectivity index (χ0n) is 13.6. The van der Waals surface area contributed by atoms with Crippen molar-refractivity contribution in [3.8, 4) is 0 Å². The van der Waals surface area contributed by atoms with Gasteiger partial charge in [0.15, 0.2) is 11.6 Å². The summed E-state index contributed by atoms with van der Waals surface area (Å²) in [6.45, 7) is 0. The highest BCUT2D eigenvalue weighted by atomic mass is 32.2. The Morgan fingerprint density at radius 3 is 2.27 bits per heavy atom. The number of aromatic nitrogens is 2. The Labute approximate surface area is 153 Å². The maximum atomic E-state index is 12.9. The molecule has 1 amide bonds. The van der Waals surface area contributed by atoms with Gasteiger partial charge in [-0.2, -0.15) is 0 Å². The Morgan fingerprint density at radius 2 is 1.62 bits per heavy atom. The molecular formula is C19H14FN3O2S. The third-order valence-electron chi connectivity index (χ3n) is 3.43. The van der Waals surface area contributed by atoms with E-state index in [4.69, 9.17) is 0 Å². The van der Waals surface area contributed by atoms with Crippen LogP contribution < -0.4 is 5.32 Å². The van der Waals surface area contributed by atoms with Gasteiger partial charge in [-0.1, -0.05) is 30.0 Å². The lowest BCUT2D eigenvalue weighted by molar-refractivity contribution is 0.101. The molecule has 0 fully saturated rings. The van der Waals surface area contributed by atoms with Crippen LogP contribution in [0.25, 0.3) is 0 Å². The Kier molecular flexibility index (Phi) is 5.70. The van der Waals surface area contributed by atoms with E-state index in [1.165, 1.54) is 36.0 Å². The second-order valence-electron chi connectivity index (χ2n) is 5.30. The number of halogens is 1. The van der Waals surface area contributed by atoms with Gasteiger partial charge in [-0.05, 0) is 48.5 Å². The van der Waals surface area contributed by atoms with Gasteiger partial charge in [0.2, 0.25) is 0 Å². The number of carbonyl (C=O) groups excluding carboxylic acids is 2. The summed E-state index contributed by atoms with van der Waals surface area (Å²) in [5.74, 6) is -0.290. The number of hydrogen-bond donors (Lipinski definition) is 1. The Balaban J connectivity index is 1.55. The number of rotatable bonds is 6. The van der Waals surface area contributed by atoms with Crippen LogP contribution in [0, 0.1) is 5.82 Å². The molecule has 0 atom stereocenters. The van der Waals surface area contributed by atoms with E-state index in [0.717, 1.165) is 0 Å². The predicted molar refractivity (Wildman–Crippen MR) is 97.9 cm³/mol. The highest BCUT2D eigenvalue weighted by molar-refractivity contribution is 7.99. The molecule has 0 spiro atoms. The van der Waals surface area contributed by atoms with Crippen molar-refractivity contribution in [3.63, 3.8) is 0 Å². The number of hydrogen-bond acceptors (Lipinski definition) is 5. The molecular weight excluding hydrogens is 353 g/mol. The fourth-order valence-electron chi connectivity index (χ4n) is 2.10. The molecule has 1 aromatic heterocycles. The van der Waals surface area contributed by atoms with Crippen molar-refractivity contribution in [2.24, 2.45) is 0 Å². The van der Waals surface area contributed by atoms with Crippen molar-refractivity contribution in [1.29, 1.82) is 0 Å². The van der Waals surface area contributed by atoms with Gasteiger partial charge in [0.1, 0.15) is 10.8 Å². The van der Waals surface area contributed by atoms with Crippen LogP contribution in [0.1, 0.15) is 20.7 Å². The lowest BCUT2D eigenvalue weighted by Crippen LogP contribution is -2.13. The average molecular weight is 367 g/mol. The SMILES string of the molecule is O=C(CSc1ccc(NC(=O)c2ccccc2)nn1)c1ccc(F)cc1. The minimum Gasteiger partial charge on any atom is -0.305 e. The number of nitrogens with zero attached hydrogens (tertiary/aromatic N) is 2. The van der Waals surface area contributed by atoms with Gasteiger partial charge in [0, 0.05) is 11.1 Å². The average Bonchev–Trinajstić information content (AvgIpc) is 2.68. The maximum absolute atomic E-state index is 12.9. The van der Waals surface area contributed by atoms with E-state index in [9.17, 15) is 14.0 Å². The van der Waals surface area contributed by atoms with Gasteiger partial charge in [0.05, 0.1) is 5.75 Å². The van der Waals surface area contributed by atoms with E-state index >= 15 is 0 Å². The first-order valence-electron chi connectivity index (χ1n) is 7.73. The Bertz CT molecular complexity index is 900. The minimum absolute atomic E-state index is 0.127. The smallest absolute Gasteiger partial charge is 0.256 e. The van der Waals surface area contributed by atoms with Gasteiger partial charge >= 0.3 is 0 Å². The first-order valence-corrected chi connectivity index (χ1v) is 8.72. The third kappa shape index (κ3) is 4.73. The summed E-state index contributed by atoms with van der Waals surface area (Å²) in [6.07, 6.45) is 0. The van der Waals surface area contributed by atoms with Crippen molar-refractivity contribution in [2.75, 3.05) is 11.1 Å². The molecule has 0 aliphatic carbocycles. The monoisotopic (exact) mass is 367 g/mol. The summed E-state index contributed by atoms with van der Waals surface area (Å²) >= 11 is 1.22. The number of ketones is 1. The number of benzene rings is 2. The van der Waals surface area contributed by atoms with E-state index in [1.807, 2.05) is 6.07 Å². The van der Waals surface area contributed by atoms with E-state index in [-0.39, 0.29) is 23.3 Å². The summed E-state index contributed by atoms with van der Waals surface area (Å²) in [7, 11) is 0. The van der Waals surface area contributed by atoms with Crippen LogP contribution in [0.5, 0.6) is 0 Å². The molecule has 0 saturated carbocycles. The van der Waals surface area contributed by atoms with Gasteiger partial charge in [-0.15, -0.1) is 10.2 Å². The van der Waals surface area contributed by atoms with Gasteiger partial charge < -0.3 is 5.32 Å². The molecule has 1 N–H and O–H groups in total. The first kappa shape index (κ1) is 17.8. The molecule has 0 aliphatic heterocycles. The molecule has 0 bridgehead atoms. The number of thioether (sulfide) groups is 1. The van der Waals surface area contributed by atoms with Crippen LogP contribution >= 0.6 is 11.8 Å². The van der Waals surface area contributed by atoms with Gasteiger partial charge in [0.25, 0.3) is 5.91 Å². The maximum Gasteiger partial charge on any atom is 0.256 e. The van der Waals surface area contributed by atoms with Gasteiger partial charge in [-0.3, -0.25) is 9.59 Å². The summed E-state index contributed by atoms with van der Waals surface area (Å²) in [4.78, 5) is 24.1. The second kappa shape index (κ2) is 8.35. The second-order valence-corrected chi connectivity index (χ2v) is 6.29. The topological polar surface area (TPSA) is 72.0 Å². The quantitative estimate of drug-likeness (QED) is 0.529. The molecule has 3 rings (SSSR count). The van der Waals surface area contributed by atoms with Gasteiger partial charge in [-0.25, -0.2) is 4.39 Å². The van der Waals surface area contributed by atoms with Crippen LogP contribution in [0.2, 0.25) is 0 Å². The highest BCUT2D eigenvalue weighted by Gasteiger charge is 2.09. The molecule has 3 aromatic rings. The Morgan fingerprint density at radius 1 is 0.885 bits per heavy atom. The molecule has 130 valence electrons. The van der Waals surface area contributed by atoms with E-state index in [2.05, 4.69) is 15.5 Å². The van der Waals surface area contributed by atoms with Crippen molar-refractivity contribution >= 4 is 29.3 Å². The van der Waals surface area contributed by atoms with E-state index in [0.29, 0.717) is 22.0 Å². The minimum atomic E-state index is -0.381. The molecule has 5 nitrogen and oxygen atoms in total.